The minimum atomic E-state index is 0. The summed E-state index contributed by atoms with van der Waals surface area (Å²) in [6.07, 6.45) is 8.54. The van der Waals surface area contributed by atoms with Gasteiger partial charge in [0.05, 0.1) is 22.8 Å². The van der Waals surface area contributed by atoms with Gasteiger partial charge < -0.3 is 9.97 Å². The van der Waals surface area contributed by atoms with Crippen molar-refractivity contribution in [3.63, 3.8) is 0 Å². The number of aromatic nitrogens is 4. The number of hydrogen-bond acceptors (Lipinski definition) is 2. The molecule has 0 unspecified atom stereocenters. The van der Waals surface area contributed by atoms with Gasteiger partial charge in [0.2, 0.25) is 0 Å². The molecule has 5 nitrogen and oxygen atoms in total. The predicted molar refractivity (Wildman–Crippen MR) is 205 cm³/mol. The average molecular weight is 744 g/mol. The minimum absolute atomic E-state index is 0. The normalized spacial score (nSPS) is 11.3. The Morgan fingerprint density at radius 3 is 0.765 bits per heavy atom. The standard InChI is InChI=1S/C44H30N4.CO.Ru/c1-5-13-29(14-6-1)41-33-21-23-35(45-33)42(30-15-7-2-8-16-30)37-25-27-39(47-37)44(32-19-11-4-12-20-32)40-28-26-38(48-40)43(31-17-9-3-10-18-31)36-24-22-34(41)46-36;1-2;/h1-28,45,48H;;. The van der Waals surface area contributed by atoms with Crippen LogP contribution < -0.4 is 0 Å². The zero-order valence-corrected chi connectivity index (χ0v) is 29.1. The number of aromatic amines is 2. The molecule has 0 radical (unpaired) electrons. The molecule has 3 aromatic heterocycles. The molecule has 51 heavy (non-hydrogen) atoms. The van der Waals surface area contributed by atoms with Crippen LogP contribution in [0.25, 0.3) is 90.9 Å². The Bertz CT molecular complexity index is 2240. The molecule has 6 heteroatoms. The summed E-state index contributed by atoms with van der Waals surface area (Å²) in [5, 5.41) is 0. The number of nitrogens with zero attached hydrogens (tertiary/aromatic N) is 2. The number of rotatable bonds is 4. The molecule has 244 valence electrons. The van der Waals surface area contributed by atoms with Crippen LogP contribution in [0.1, 0.15) is 22.8 Å². The van der Waals surface area contributed by atoms with Gasteiger partial charge >= 0.3 is 11.3 Å². The van der Waals surface area contributed by atoms with E-state index in [0.717, 1.165) is 89.4 Å². The summed E-state index contributed by atoms with van der Waals surface area (Å²) < 4.78 is 7.50. The SMILES string of the molecule is C1=Cc2nc1c(-c1ccccc1)c1ccc([nH]1)c(-c1ccccc1)c1nc(c(-c3ccccc3)c3ccc([nH]3)c2-c2ccccc2)C=C1.[C-]#[O+].[Ru]. The molecule has 2 N–H and O–H groups in total. The van der Waals surface area contributed by atoms with Crippen LogP contribution in [0.2, 0.25) is 0 Å². The molecule has 8 bridgehead atoms. The van der Waals surface area contributed by atoms with E-state index in [2.05, 4.69) is 162 Å². The summed E-state index contributed by atoms with van der Waals surface area (Å²) in [7, 11) is 0. The third-order valence-electron chi connectivity index (χ3n) is 9.00. The van der Waals surface area contributed by atoms with Gasteiger partial charge in [0.25, 0.3) is 0 Å². The molecule has 0 saturated carbocycles. The van der Waals surface area contributed by atoms with Crippen molar-refractivity contribution in [3.8, 4) is 44.5 Å². The van der Waals surface area contributed by atoms with Gasteiger partial charge in [-0.05, 0) is 70.8 Å². The number of hydrogen-bond donors (Lipinski definition) is 2. The molecule has 2 aliphatic rings. The summed E-state index contributed by atoms with van der Waals surface area (Å²) >= 11 is 0. The molecule has 2 aliphatic heterocycles. The molecular formula is C45H30N4ORu. The van der Waals surface area contributed by atoms with Crippen molar-refractivity contribution in [3.05, 3.63) is 175 Å². The van der Waals surface area contributed by atoms with Crippen LogP contribution in [0.5, 0.6) is 0 Å². The molecule has 0 fully saturated rings. The van der Waals surface area contributed by atoms with E-state index in [9.17, 15) is 0 Å². The maximum absolute atomic E-state index is 7.50. The van der Waals surface area contributed by atoms with E-state index < -0.39 is 0 Å². The molecule has 0 amide bonds. The second-order valence-corrected chi connectivity index (χ2v) is 12.0. The fourth-order valence-corrected chi connectivity index (χ4v) is 6.84. The van der Waals surface area contributed by atoms with Gasteiger partial charge in [-0.25, -0.2) is 9.97 Å². The van der Waals surface area contributed by atoms with E-state index in [0.29, 0.717) is 0 Å². The Morgan fingerprint density at radius 2 is 0.549 bits per heavy atom. The van der Waals surface area contributed by atoms with Crippen molar-refractivity contribution in [1.82, 2.24) is 19.9 Å². The number of fused-ring (bicyclic) bond motifs is 8. The van der Waals surface area contributed by atoms with Crippen LogP contribution in [0, 0.1) is 6.65 Å². The Balaban J connectivity index is 0.00000133. The first kappa shape index (κ1) is 33.3. The van der Waals surface area contributed by atoms with Crippen molar-refractivity contribution in [2.45, 2.75) is 0 Å². The summed E-state index contributed by atoms with van der Waals surface area (Å²) in [4.78, 5) is 18.3. The molecule has 7 aromatic rings. The topological polar surface area (TPSA) is 77.3 Å². The number of H-pyrrole nitrogens is 2. The fraction of sp³-hybridized carbons (Fsp3) is 0. The smallest absolute Gasteiger partial charge is 0 e. The Hall–Kier alpha value is -6.16. The second kappa shape index (κ2) is 14.8. The fourth-order valence-electron chi connectivity index (χ4n) is 6.84. The van der Waals surface area contributed by atoms with Crippen LogP contribution in [0.4, 0.5) is 0 Å². The van der Waals surface area contributed by atoms with Crippen molar-refractivity contribution in [1.29, 1.82) is 0 Å². The van der Waals surface area contributed by atoms with E-state index in [-0.39, 0.29) is 19.5 Å². The zero-order valence-electron chi connectivity index (χ0n) is 27.3. The van der Waals surface area contributed by atoms with E-state index in [1.165, 1.54) is 0 Å². The molecule has 0 aliphatic carbocycles. The van der Waals surface area contributed by atoms with E-state index >= 15 is 0 Å². The number of nitrogens with one attached hydrogen (secondary N) is 2. The predicted octanol–water partition coefficient (Wildman–Crippen LogP) is 11.3. The van der Waals surface area contributed by atoms with Crippen LogP contribution >= 0.6 is 0 Å². The molecule has 0 spiro atoms. The quantitative estimate of drug-likeness (QED) is 0.107. The van der Waals surface area contributed by atoms with Gasteiger partial charge in [0.15, 0.2) is 0 Å². The molecule has 0 atom stereocenters. The minimum Gasteiger partial charge on any atom is 0 e. The second-order valence-electron chi connectivity index (χ2n) is 12.0. The third kappa shape index (κ3) is 6.36. The summed E-state index contributed by atoms with van der Waals surface area (Å²) in [5.41, 5.74) is 16.2. The van der Waals surface area contributed by atoms with Gasteiger partial charge in [0.1, 0.15) is 0 Å². The van der Waals surface area contributed by atoms with Crippen molar-refractivity contribution in [2.75, 3.05) is 0 Å². The first-order valence-electron chi connectivity index (χ1n) is 16.4. The van der Waals surface area contributed by atoms with E-state index in [4.69, 9.17) is 14.6 Å². The van der Waals surface area contributed by atoms with Crippen molar-refractivity contribution >= 4 is 46.4 Å². The largest absolute Gasteiger partial charge is 0 e. The van der Waals surface area contributed by atoms with Gasteiger partial charge in [-0.2, -0.15) is 0 Å². The first-order chi connectivity index (χ1) is 24.8. The van der Waals surface area contributed by atoms with Crippen LogP contribution in [-0.4, -0.2) is 19.9 Å². The zero-order chi connectivity index (χ0) is 33.9. The van der Waals surface area contributed by atoms with Crippen LogP contribution in [0.15, 0.2) is 146 Å². The summed E-state index contributed by atoms with van der Waals surface area (Å²) in [6, 6.07) is 50.7. The van der Waals surface area contributed by atoms with Crippen LogP contribution in [-0.2, 0) is 24.1 Å². The van der Waals surface area contributed by atoms with Crippen molar-refractivity contribution in [2.24, 2.45) is 0 Å². The molecule has 0 saturated heterocycles. The molecule has 4 aromatic carbocycles. The third-order valence-corrected chi connectivity index (χ3v) is 9.00. The molecular weight excluding hydrogens is 714 g/mol. The maximum atomic E-state index is 7.50. The Labute approximate surface area is 308 Å². The van der Waals surface area contributed by atoms with E-state index in [1.807, 2.05) is 24.3 Å². The average Bonchev–Trinajstić information content (AvgIpc) is 4.02. The first-order valence-corrected chi connectivity index (χ1v) is 16.4. The van der Waals surface area contributed by atoms with Crippen molar-refractivity contribution < 1.29 is 24.1 Å². The van der Waals surface area contributed by atoms with Gasteiger partial charge in [-0.3, -0.25) is 0 Å². The number of benzene rings is 4. The maximum Gasteiger partial charge on any atom is 0 e. The Kier molecular flexibility index (Phi) is 9.65. The van der Waals surface area contributed by atoms with Crippen LogP contribution in [0.3, 0.4) is 0 Å². The molecule has 5 heterocycles. The Morgan fingerprint density at radius 1 is 0.333 bits per heavy atom. The van der Waals surface area contributed by atoms with Gasteiger partial charge in [-0.1, -0.05) is 121 Å². The van der Waals surface area contributed by atoms with Gasteiger partial charge in [0, 0.05) is 63.8 Å². The summed E-state index contributed by atoms with van der Waals surface area (Å²) in [5.74, 6) is 0. The monoisotopic (exact) mass is 744 g/mol. The summed E-state index contributed by atoms with van der Waals surface area (Å²) in [6.45, 7) is 4.50. The van der Waals surface area contributed by atoms with E-state index in [1.54, 1.807) is 0 Å². The van der Waals surface area contributed by atoms with Gasteiger partial charge in [-0.15, -0.1) is 0 Å². The molecule has 9 rings (SSSR count).